The normalized spacial score (nSPS) is 19.9. The molecular formula is C32H31Cl2F2N3O2. The Morgan fingerprint density at radius 2 is 1.73 bits per heavy atom. The first kappa shape index (κ1) is 28.1. The summed E-state index contributed by atoms with van der Waals surface area (Å²) in [5.74, 6) is -1.55. The van der Waals surface area contributed by atoms with Crippen molar-refractivity contribution < 1.29 is 18.4 Å². The molecule has 2 saturated heterocycles. The van der Waals surface area contributed by atoms with Crippen molar-refractivity contribution in [1.82, 2.24) is 15.1 Å². The van der Waals surface area contributed by atoms with E-state index in [0.717, 1.165) is 62.0 Å². The summed E-state index contributed by atoms with van der Waals surface area (Å²) >= 11 is 12.3. The zero-order chi connectivity index (χ0) is 28.7. The standard InChI is InChI=1S/C32H31Cl2F2N3O2/c33-25-2-1-3-27(36)29(25)30(40)37-28-9-7-20-4-5-21(16-24(20)28)31(41)39-15-12-32(19-39)10-13-38(14-11-32)18-22-6-8-23(35)17-26(22)34/h1-6,8,16-17,28H,7,9-15,18-19H2,(H,37,40). The molecule has 1 unspecified atom stereocenters. The molecule has 5 nitrogen and oxygen atoms in total. The van der Waals surface area contributed by atoms with Gasteiger partial charge in [0.1, 0.15) is 11.6 Å². The second-order valence-corrected chi connectivity index (χ2v) is 12.4. The summed E-state index contributed by atoms with van der Waals surface area (Å²) in [6.07, 6.45) is 4.40. The first-order valence-electron chi connectivity index (χ1n) is 14.0. The summed E-state index contributed by atoms with van der Waals surface area (Å²) in [4.78, 5) is 30.8. The predicted molar refractivity (Wildman–Crippen MR) is 155 cm³/mol. The minimum atomic E-state index is -0.662. The molecule has 0 saturated carbocycles. The van der Waals surface area contributed by atoms with Crippen LogP contribution in [0, 0.1) is 17.0 Å². The van der Waals surface area contributed by atoms with Crippen LogP contribution in [-0.2, 0) is 13.0 Å². The molecule has 2 amide bonds. The Bertz CT molecular complexity index is 1490. The number of rotatable bonds is 5. The molecule has 3 aliphatic rings. The van der Waals surface area contributed by atoms with Gasteiger partial charge in [0.15, 0.2) is 0 Å². The molecule has 6 rings (SSSR count). The Morgan fingerprint density at radius 3 is 2.49 bits per heavy atom. The summed E-state index contributed by atoms with van der Waals surface area (Å²) in [6.45, 7) is 3.93. The lowest BCUT2D eigenvalue weighted by atomic mass is 9.77. The fourth-order valence-corrected chi connectivity index (χ4v) is 7.08. The SMILES string of the molecule is O=C(NC1CCc2ccc(C(=O)N3CCC4(CCN(Cc5ccc(F)cc5Cl)CC4)C3)cc21)c1c(F)cccc1Cl. The zero-order valence-electron chi connectivity index (χ0n) is 22.6. The number of carbonyl (C=O) groups excluding carboxylic acids is 2. The van der Waals surface area contributed by atoms with E-state index in [2.05, 4.69) is 10.2 Å². The van der Waals surface area contributed by atoms with E-state index in [4.69, 9.17) is 23.2 Å². The van der Waals surface area contributed by atoms with Crippen molar-refractivity contribution in [2.45, 2.75) is 44.7 Å². The molecule has 0 radical (unpaired) electrons. The van der Waals surface area contributed by atoms with Crippen LogP contribution in [0.2, 0.25) is 10.0 Å². The van der Waals surface area contributed by atoms with Crippen LogP contribution in [-0.4, -0.2) is 47.8 Å². The van der Waals surface area contributed by atoms with Crippen LogP contribution in [0.25, 0.3) is 0 Å². The van der Waals surface area contributed by atoms with E-state index in [1.807, 2.05) is 23.1 Å². The number of nitrogens with zero attached hydrogens (tertiary/aromatic N) is 2. The quantitative estimate of drug-likeness (QED) is 0.351. The van der Waals surface area contributed by atoms with Gasteiger partial charge in [0.2, 0.25) is 0 Å². The van der Waals surface area contributed by atoms with Crippen LogP contribution in [0.1, 0.15) is 69.1 Å². The number of hydrogen-bond acceptors (Lipinski definition) is 3. The number of amides is 2. The number of piperidine rings is 1. The van der Waals surface area contributed by atoms with Gasteiger partial charge in [-0.15, -0.1) is 0 Å². The van der Waals surface area contributed by atoms with Crippen LogP contribution in [0.5, 0.6) is 0 Å². The van der Waals surface area contributed by atoms with Gasteiger partial charge in [-0.25, -0.2) is 8.78 Å². The largest absolute Gasteiger partial charge is 0.345 e. The molecule has 3 aromatic rings. The van der Waals surface area contributed by atoms with Crippen molar-refractivity contribution in [3.05, 3.63) is 104 Å². The molecule has 2 aliphatic heterocycles. The maximum absolute atomic E-state index is 14.3. The van der Waals surface area contributed by atoms with E-state index < -0.39 is 11.7 Å². The topological polar surface area (TPSA) is 52.7 Å². The third-order valence-corrected chi connectivity index (χ3v) is 9.68. The Balaban J connectivity index is 1.09. The van der Waals surface area contributed by atoms with Crippen LogP contribution in [0.3, 0.4) is 0 Å². The van der Waals surface area contributed by atoms with Gasteiger partial charge in [-0.05, 0) is 104 Å². The second kappa shape index (κ2) is 11.3. The first-order chi connectivity index (χ1) is 19.7. The van der Waals surface area contributed by atoms with E-state index in [-0.39, 0.29) is 33.8 Å². The second-order valence-electron chi connectivity index (χ2n) is 11.6. The summed E-state index contributed by atoms with van der Waals surface area (Å²) < 4.78 is 27.7. The van der Waals surface area contributed by atoms with Gasteiger partial charge >= 0.3 is 0 Å². The van der Waals surface area contributed by atoms with Crippen LogP contribution < -0.4 is 5.32 Å². The fourth-order valence-electron chi connectivity index (χ4n) is 6.61. The van der Waals surface area contributed by atoms with E-state index >= 15 is 0 Å². The number of likely N-dealkylation sites (tertiary alicyclic amines) is 2. The maximum Gasteiger partial charge on any atom is 0.256 e. The smallest absolute Gasteiger partial charge is 0.256 e. The number of nitrogens with one attached hydrogen (secondary N) is 1. The van der Waals surface area contributed by atoms with E-state index in [0.29, 0.717) is 30.1 Å². The molecule has 9 heteroatoms. The first-order valence-corrected chi connectivity index (χ1v) is 14.8. The summed E-state index contributed by atoms with van der Waals surface area (Å²) in [7, 11) is 0. The molecule has 1 atom stereocenters. The molecule has 1 aliphatic carbocycles. The van der Waals surface area contributed by atoms with Crippen LogP contribution in [0.15, 0.2) is 54.6 Å². The number of aryl methyl sites for hydroxylation is 1. The summed E-state index contributed by atoms with van der Waals surface area (Å²) in [5, 5.41) is 3.44. The predicted octanol–water partition coefficient (Wildman–Crippen LogP) is 6.82. The van der Waals surface area contributed by atoms with Crippen molar-refractivity contribution in [1.29, 1.82) is 0 Å². The average Bonchev–Trinajstić information content (AvgIpc) is 3.55. The Kier molecular flexibility index (Phi) is 7.79. The third-order valence-electron chi connectivity index (χ3n) is 9.02. The van der Waals surface area contributed by atoms with Crippen LogP contribution >= 0.6 is 23.2 Å². The molecule has 214 valence electrons. The number of hydrogen-bond donors (Lipinski definition) is 1. The molecule has 2 fully saturated rings. The van der Waals surface area contributed by atoms with E-state index in [1.165, 1.54) is 30.3 Å². The minimum Gasteiger partial charge on any atom is -0.345 e. The van der Waals surface area contributed by atoms with Gasteiger partial charge in [0.25, 0.3) is 11.8 Å². The molecule has 0 aromatic heterocycles. The molecule has 1 spiro atoms. The molecule has 3 aromatic carbocycles. The number of carbonyl (C=O) groups is 2. The van der Waals surface area contributed by atoms with Gasteiger partial charge in [-0.2, -0.15) is 0 Å². The average molecular weight is 599 g/mol. The molecule has 1 N–H and O–H groups in total. The van der Waals surface area contributed by atoms with E-state index in [9.17, 15) is 18.4 Å². The lowest BCUT2D eigenvalue weighted by molar-refractivity contribution is 0.0713. The maximum atomic E-state index is 14.3. The van der Waals surface area contributed by atoms with Gasteiger partial charge in [0, 0.05) is 30.2 Å². The van der Waals surface area contributed by atoms with Crippen molar-refractivity contribution in [3.63, 3.8) is 0 Å². The van der Waals surface area contributed by atoms with Crippen molar-refractivity contribution in [2.24, 2.45) is 5.41 Å². The van der Waals surface area contributed by atoms with Gasteiger partial charge in [-0.1, -0.05) is 41.4 Å². The summed E-state index contributed by atoms with van der Waals surface area (Å²) in [5.41, 5.74) is 3.45. The summed E-state index contributed by atoms with van der Waals surface area (Å²) in [6, 6.07) is 14.1. The lowest BCUT2D eigenvalue weighted by Crippen LogP contribution is -2.42. The highest BCUT2D eigenvalue weighted by atomic mass is 35.5. The number of benzene rings is 3. The van der Waals surface area contributed by atoms with Crippen molar-refractivity contribution in [3.8, 4) is 0 Å². The monoisotopic (exact) mass is 597 g/mol. The van der Waals surface area contributed by atoms with Crippen molar-refractivity contribution >= 4 is 35.0 Å². The molecule has 0 bridgehead atoms. The third kappa shape index (κ3) is 5.72. The highest BCUT2D eigenvalue weighted by molar-refractivity contribution is 6.33. The number of halogens is 4. The fraction of sp³-hybridized carbons (Fsp3) is 0.375. The number of fused-ring (bicyclic) bond motifs is 1. The zero-order valence-corrected chi connectivity index (χ0v) is 24.1. The minimum absolute atomic E-state index is 0.000626. The molecule has 2 heterocycles. The Labute approximate surface area is 248 Å². The highest BCUT2D eigenvalue weighted by Gasteiger charge is 2.42. The van der Waals surface area contributed by atoms with Gasteiger partial charge in [-0.3, -0.25) is 14.5 Å². The molecule has 41 heavy (non-hydrogen) atoms. The highest BCUT2D eigenvalue weighted by Crippen LogP contribution is 2.42. The molecular weight excluding hydrogens is 567 g/mol. The lowest BCUT2D eigenvalue weighted by Gasteiger charge is -2.39. The van der Waals surface area contributed by atoms with Crippen LogP contribution in [0.4, 0.5) is 8.78 Å². The van der Waals surface area contributed by atoms with Gasteiger partial charge in [0.05, 0.1) is 16.6 Å². The van der Waals surface area contributed by atoms with E-state index in [1.54, 1.807) is 6.07 Å². The Morgan fingerprint density at radius 1 is 0.951 bits per heavy atom. The van der Waals surface area contributed by atoms with Gasteiger partial charge < -0.3 is 10.2 Å². The van der Waals surface area contributed by atoms with Crippen molar-refractivity contribution in [2.75, 3.05) is 26.2 Å². The Hall–Kier alpha value is -3.00.